The minimum absolute atomic E-state index is 0.196. The zero-order valence-corrected chi connectivity index (χ0v) is 13.1. The van der Waals surface area contributed by atoms with Gasteiger partial charge in [-0.05, 0) is 20.3 Å². The highest BCUT2D eigenvalue weighted by Gasteiger charge is 2.28. The summed E-state index contributed by atoms with van der Waals surface area (Å²) in [6.07, 6.45) is 4.67. The van der Waals surface area contributed by atoms with Crippen LogP contribution >= 0.6 is 0 Å². The van der Waals surface area contributed by atoms with Crippen LogP contribution in [0.25, 0.3) is 0 Å². The number of hydrogen-bond donors (Lipinski definition) is 0. The molecule has 0 N–H and O–H groups in total. The van der Waals surface area contributed by atoms with E-state index < -0.39 is 0 Å². The van der Waals surface area contributed by atoms with Crippen LogP contribution in [-0.4, -0.2) is 28.5 Å². The number of ether oxygens (including phenoxy) is 2. The second-order valence-corrected chi connectivity index (χ2v) is 6.42. The van der Waals surface area contributed by atoms with Gasteiger partial charge in [-0.15, -0.1) is 0 Å². The fourth-order valence-corrected chi connectivity index (χ4v) is 3.55. The topological polar surface area (TPSA) is 18.5 Å². The van der Waals surface area contributed by atoms with Crippen LogP contribution in [0.3, 0.4) is 0 Å². The van der Waals surface area contributed by atoms with E-state index in [0.29, 0.717) is 0 Å². The molecule has 0 radical (unpaired) electrons. The van der Waals surface area contributed by atoms with Crippen molar-refractivity contribution in [2.45, 2.75) is 71.3 Å². The Hall–Kier alpha value is 0.137. The summed E-state index contributed by atoms with van der Waals surface area (Å²) in [6, 6.07) is 2.93. The van der Waals surface area contributed by atoms with Crippen molar-refractivity contribution in [2.24, 2.45) is 0 Å². The van der Waals surface area contributed by atoms with Gasteiger partial charge >= 0.3 is 0 Å². The van der Waals surface area contributed by atoms with Crippen LogP contribution in [0.1, 0.15) is 53.4 Å². The van der Waals surface area contributed by atoms with E-state index in [-0.39, 0.29) is 15.3 Å². The van der Waals surface area contributed by atoms with Crippen LogP contribution in [-0.2, 0) is 9.47 Å². The van der Waals surface area contributed by atoms with Crippen molar-refractivity contribution in [3.05, 3.63) is 0 Å². The molecule has 0 aliphatic carbocycles. The minimum Gasteiger partial charge on any atom is -0.350 e. The van der Waals surface area contributed by atoms with E-state index in [1.165, 1.54) is 24.9 Å². The molecule has 0 heterocycles. The maximum absolute atomic E-state index is 5.82. The van der Waals surface area contributed by atoms with Gasteiger partial charge in [-0.1, -0.05) is 38.8 Å². The molecular weight excluding hydrogens is 216 g/mol. The van der Waals surface area contributed by atoms with Crippen LogP contribution in [0.4, 0.5) is 0 Å². The normalized spacial score (nSPS) is 12.8. The molecule has 0 aliphatic heterocycles. The molecule has 16 heavy (non-hydrogen) atoms. The summed E-state index contributed by atoms with van der Waals surface area (Å²) in [6.45, 7) is 10.0. The molecule has 0 aliphatic rings. The van der Waals surface area contributed by atoms with E-state index in [0.717, 1.165) is 26.1 Å². The fourth-order valence-electron chi connectivity index (χ4n) is 2.09. The standard InChI is InChI=1S/C13H30O2Si/c1-5-11-16-12-9-10-13(6-2,14-7-3)15-8-4/h5-12,16H2,1-4H3. The van der Waals surface area contributed by atoms with Gasteiger partial charge in [0.25, 0.3) is 0 Å². The fraction of sp³-hybridized carbons (Fsp3) is 1.00. The van der Waals surface area contributed by atoms with Gasteiger partial charge in [0, 0.05) is 29.2 Å². The van der Waals surface area contributed by atoms with Crippen molar-refractivity contribution >= 4 is 9.52 Å². The summed E-state index contributed by atoms with van der Waals surface area (Å²) in [5, 5.41) is 0. The van der Waals surface area contributed by atoms with Gasteiger partial charge in [0.15, 0.2) is 5.79 Å². The van der Waals surface area contributed by atoms with Crippen molar-refractivity contribution in [1.82, 2.24) is 0 Å². The Bertz CT molecular complexity index is 145. The lowest BCUT2D eigenvalue weighted by atomic mass is 10.1. The molecule has 0 rings (SSSR count). The first kappa shape index (κ1) is 16.1. The van der Waals surface area contributed by atoms with Crippen LogP contribution < -0.4 is 0 Å². The quantitative estimate of drug-likeness (QED) is 0.316. The van der Waals surface area contributed by atoms with Crippen molar-refractivity contribution in [2.75, 3.05) is 13.2 Å². The highest BCUT2D eigenvalue weighted by atomic mass is 28.2. The first-order chi connectivity index (χ1) is 7.74. The summed E-state index contributed by atoms with van der Waals surface area (Å²) in [5.74, 6) is -0.288. The molecule has 2 nitrogen and oxygen atoms in total. The minimum atomic E-state index is -0.288. The molecular formula is C13H30O2Si. The van der Waals surface area contributed by atoms with Crippen LogP contribution in [0.5, 0.6) is 0 Å². The van der Waals surface area contributed by atoms with Crippen LogP contribution in [0.2, 0.25) is 12.1 Å². The van der Waals surface area contributed by atoms with Gasteiger partial charge in [0.2, 0.25) is 0 Å². The van der Waals surface area contributed by atoms with E-state index in [1.54, 1.807) is 0 Å². The predicted molar refractivity (Wildman–Crippen MR) is 74.0 cm³/mol. The number of rotatable bonds is 11. The van der Waals surface area contributed by atoms with Crippen LogP contribution in [0.15, 0.2) is 0 Å². The van der Waals surface area contributed by atoms with E-state index >= 15 is 0 Å². The Morgan fingerprint density at radius 2 is 1.56 bits per heavy atom. The monoisotopic (exact) mass is 246 g/mol. The Labute approximate surface area is 104 Å². The van der Waals surface area contributed by atoms with Gasteiger partial charge in [-0.3, -0.25) is 0 Å². The molecule has 0 unspecified atom stereocenters. The first-order valence-electron chi connectivity index (χ1n) is 7.02. The smallest absolute Gasteiger partial charge is 0.167 e. The summed E-state index contributed by atoms with van der Waals surface area (Å²) in [5.41, 5.74) is 0. The molecule has 3 heteroatoms. The molecule has 0 saturated heterocycles. The molecule has 0 aromatic carbocycles. The van der Waals surface area contributed by atoms with Crippen molar-refractivity contribution in [3.8, 4) is 0 Å². The third kappa shape index (κ3) is 6.66. The molecule has 0 aromatic heterocycles. The second-order valence-electron chi connectivity index (χ2n) is 4.29. The molecule has 0 spiro atoms. The zero-order chi connectivity index (χ0) is 12.3. The Kier molecular flexibility index (Phi) is 10.4. The highest BCUT2D eigenvalue weighted by molar-refractivity contribution is 6.35. The van der Waals surface area contributed by atoms with Gasteiger partial charge in [0.1, 0.15) is 0 Å². The summed E-state index contributed by atoms with van der Waals surface area (Å²) in [4.78, 5) is 0. The predicted octanol–water partition coefficient (Wildman–Crippen LogP) is 3.36. The maximum atomic E-state index is 5.82. The molecule has 0 fully saturated rings. The maximum Gasteiger partial charge on any atom is 0.167 e. The van der Waals surface area contributed by atoms with E-state index in [9.17, 15) is 0 Å². The lowest BCUT2D eigenvalue weighted by Crippen LogP contribution is -2.35. The van der Waals surface area contributed by atoms with Gasteiger partial charge in [-0.25, -0.2) is 0 Å². The lowest BCUT2D eigenvalue weighted by Gasteiger charge is -2.32. The summed E-state index contributed by atoms with van der Waals surface area (Å²) < 4.78 is 11.6. The Morgan fingerprint density at radius 3 is 2.00 bits per heavy atom. The molecule has 98 valence electrons. The van der Waals surface area contributed by atoms with Crippen molar-refractivity contribution in [1.29, 1.82) is 0 Å². The molecule has 0 bridgehead atoms. The second kappa shape index (κ2) is 10.3. The average molecular weight is 246 g/mol. The Balaban J connectivity index is 3.89. The molecule has 0 aromatic rings. The van der Waals surface area contributed by atoms with Gasteiger partial charge < -0.3 is 9.47 Å². The molecule has 0 saturated carbocycles. The number of hydrogen-bond acceptors (Lipinski definition) is 2. The summed E-state index contributed by atoms with van der Waals surface area (Å²) >= 11 is 0. The van der Waals surface area contributed by atoms with E-state index in [1.807, 2.05) is 0 Å². The zero-order valence-electron chi connectivity index (χ0n) is 11.7. The summed E-state index contributed by atoms with van der Waals surface area (Å²) in [7, 11) is 0.196. The van der Waals surface area contributed by atoms with Crippen LogP contribution in [0, 0.1) is 0 Å². The third-order valence-corrected chi connectivity index (χ3v) is 5.22. The van der Waals surface area contributed by atoms with Crippen molar-refractivity contribution in [3.63, 3.8) is 0 Å². The molecule has 0 amide bonds. The first-order valence-corrected chi connectivity index (χ1v) is 9.02. The highest BCUT2D eigenvalue weighted by Crippen LogP contribution is 2.25. The van der Waals surface area contributed by atoms with E-state index in [2.05, 4.69) is 27.7 Å². The van der Waals surface area contributed by atoms with Gasteiger partial charge in [0.05, 0.1) is 0 Å². The third-order valence-electron chi connectivity index (χ3n) is 3.01. The lowest BCUT2D eigenvalue weighted by molar-refractivity contribution is -0.238. The average Bonchev–Trinajstić information content (AvgIpc) is 2.29. The SMILES string of the molecule is CCC[SiH2]CCCC(CC)(OCC)OCC. The largest absolute Gasteiger partial charge is 0.350 e. The van der Waals surface area contributed by atoms with Crippen molar-refractivity contribution < 1.29 is 9.47 Å². The van der Waals surface area contributed by atoms with E-state index in [4.69, 9.17) is 9.47 Å². The Morgan fingerprint density at radius 1 is 0.938 bits per heavy atom. The van der Waals surface area contributed by atoms with Gasteiger partial charge in [-0.2, -0.15) is 0 Å². The molecule has 0 atom stereocenters.